The largest absolute Gasteiger partial charge is 0.265 e. The summed E-state index contributed by atoms with van der Waals surface area (Å²) in [6.45, 7) is 1.76. The Balaban J connectivity index is 2.23. The molecule has 1 N–H and O–H groups in total. The molecule has 100 valence electrons. The maximum atomic E-state index is 12.2. The molecule has 2 aromatic rings. The van der Waals surface area contributed by atoms with Crippen molar-refractivity contribution in [2.24, 2.45) is 0 Å². The molecule has 2 aromatic heterocycles. The molecule has 0 saturated carbocycles. The van der Waals surface area contributed by atoms with Gasteiger partial charge in [-0.3, -0.25) is 4.98 Å². The lowest BCUT2D eigenvalue weighted by Crippen LogP contribution is -2.26. The Kier molecular flexibility index (Phi) is 4.14. The first kappa shape index (κ1) is 13.9. The summed E-state index contributed by atoms with van der Waals surface area (Å²) in [6, 6.07) is 5.86. The van der Waals surface area contributed by atoms with Gasteiger partial charge in [-0.05, 0) is 36.8 Å². The van der Waals surface area contributed by atoms with Crippen molar-refractivity contribution >= 4 is 21.6 Å². The summed E-state index contributed by atoms with van der Waals surface area (Å²) in [6.07, 6.45) is 4.58. The predicted molar refractivity (Wildman–Crippen MR) is 72.2 cm³/mol. The van der Waals surface area contributed by atoms with Crippen LogP contribution >= 0.6 is 11.6 Å². The summed E-state index contributed by atoms with van der Waals surface area (Å²) in [5.74, 6) is 0. The average Bonchev–Trinajstić information content (AvgIpc) is 2.39. The highest BCUT2D eigenvalue weighted by atomic mass is 35.5. The third kappa shape index (κ3) is 3.50. The zero-order chi connectivity index (χ0) is 13.9. The van der Waals surface area contributed by atoms with E-state index >= 15 is 0 Å². The van der Waals surface area contributed by atoms with Crippen LogP contribution in [-0.2, 0) is 10.0 Å². The van der Waals surface area contributed by atoms with Crippen LogP contribution in [0.1, 0.15) is 18.5 Å². The molecule has 0 amide bonds. The Bertz CT molecular complexity index is 662. The smallest absolute Gasteiger partial charge is 0.241 e. The molecule has 0 spiro atoms. The Morgan fingerprint density at radius 1 is 1.21 bits per heavy atom. The third-order valence-corrected chi connectivity index (χ3v) is 4.29. The number of sulfonamides is 1. The highest BCUT2D eigenvalue weighted by molar-refractivity contribution is 7.89. The van der Waals surface area contributed by atoms with Crippen LogP contribution in [0.2, 0.25) is 5.15 Å². The van der Waals surface area contributed by atoms with Crippen LogP contribution in [0.4, 0.5) is 0 Å². The highest BCUT2D eigenvalue weighted by Crippen LogP contribution is 2.17. The van der Waals surface area contributed by atoms with Gasteiger partial charge >= 0.3 is 0 Å². The molecule has 0 bridgehead atoms. The number of nitrogens with zero attached hydrogens (tertiary/aromatic N) is 2. The Labute approximate surface area is 116 Å². The number of aromatic nitrogens is 2. The maximum absolute atomic E-state index is 12.2. The normalized spacial score (nSPS) is 13.2. The van der Waals surface area contributed by atoms with Gasteiger partial charge < -0.3 is 0 Å². The highest BCUT2D eigenvalue weighted by Gasteiger charge is 2.18. The maximum Gasteiger partial charge on any atom is 0.241 e. The van der Waals surface area contributed by atoms with Gasteiger partial charge in [0, 0.05) is 24.6 Å². The van der Waals surface area contributed by atoms with Crippen molar-refractivity contribution in [1.29, 1.82) is 0 Å². The molecule has 0 saturated heterocycles. The minimum absolute atomic E-state index is 0.0911. The second-order valence-corrected chi connectivity index (χ2v) is 6.04. The van der Waals surface area contributed by atoms with Crippen LogP contribution in [0.5, 0.6) is 0 Å². The Morgan fingerprint density at radius 2 is 1.89 bits per heavy atom. The number of halogens is 1. The molecule has 1 unspecified atom stereocenters. The van der Waals surface area contributed by atoms with E-state index < -0.39 is 10.0 Å². The van der Waals surface area contributed by atoms with Crippen LogP contribution in [0, 0.1) is 0 Å². The van der Waals surface area contributed by atoms with Crippen LogP contribution in [0.25, 0.3) is 0 Å². The summed E-state index contributed by atoms with van der Waals surface area (Å²) in [4.78, 5) is 7.74. The zero-order valence-corrected chi connectivity index (χ0v) is 11.7. The van der Waals surface area contributed by atoms with E-state index in [1.54, 1.807) is 31.5 Å². The Morgan fingerprint density at radius 3 is 2.53 bits per heavy atom. The first-order valence-electron chi connectivity index (χ1n) is 5.53. The molecule has 1 atom stereocenters. The van der Waals surface area contributed by atoms with Crippen LogP contribution in [0.15, 0.2) is 47.8 Å². The van der Waals surface area contributed by atoms with Crippen molar-refractivity contribution < 1.29 is 8.42 Å². The lowest BCUT2D eigenvalue weighted by molar-refractivity contribution is 0.566. The van der Waals surface area contributed by atoms with E-state index in [4.69, 9.17) is 11.6 Å². The van der Waals surface area contributed by atoms with Crippen molar-refractivity contribution in [3.63, 3.8) is 0 Å². The van der Waals surface area contributed by atoms with Crippen molar-refractivity contribution in [2.75, 3.05) is 0 Å². The number of hydrogen-bond donors (Lipinski definition) is 1. The van der Waals surface area contributed by atoms with Crippen molar-refractivity contribution in [3.8, 4) is 0 Å². The summed E-state index contributed by atoms with van der Waals surface area (Å²) in [5, 5.41) is 0.138. The lowest BCUT2D eigenvalue weighted by atomic mass is 10.1. The molecule has 19 heavy (non-hydrogen) atoms. The molecule has 0 aliphatic heterocycles. The SMILES string of the molecule is CC(NS(=O)(=O)c1ccnc(Cl)c1)c1ccncc1. The second-order valence-electron chi connectivity index (χ2n) is 3.94. The second kappa shape index (κ2) is 5.64. The molecule has 2 heterocycles. The average molecular weight is 298 g/mol. The molecule has 0 radical (unpaired) electrons. The third-order valence-electron chi connectivity index (χ3n) is 2.55. The van der Waals surface area contributed by atoms with E-state index in [9.17, 15) is 8.42 Å². The molecule has 0 aromatic carbocycles. The number of pyridine rings is 2. The minimum Gasteiger partial charge on any atom is -0.265 e. The summed E-state index contributed by atoms with van der Waals surface area (Å²) in [7, 11) is -3.63. The van der Waals surface area contributed by atoms with Gasteiger partial charge in [-0.25, -0.2) is 18.1 Å². The topological polar surface area (TPSA) is 72.0 Å². The first-order chi connectivity index (χ1) is 8.99. The fraction of sp³-hybridized carbons (Fsp3) is 0.167. The first-order valence-corrected chi connectivity index (χ1v) is 7.39. The van der Waals surface area contributed by atoms with Crippen LogP contribution < -0.4 is 4.72 Å². The van der Waals surface area contributed by atoms with Gasteiger partial charge in [-0.15, -0.1) is 0 Å². The van der Waals surface area contributed by atoms with Gasteiger partial charge in [0.2, 0.25) is 10.0 Å². The number of rotatable bonds is 4. The molecule has 2 rings (SSSR count). The lowest BCUT2D eigenvalue weighted by Gasteiger charge is -2.14. The summed E-state index contributed by atoms with van der Waals surface area (Å²) in [5.41, 5.74) is 0.832. The molecule has 7 heteroatoms. The van der Waals surface area contributed by atoms with E-state index in [-0.39, 0.29) is 16.1 Å². The van der Waals surface area contributed by atoms with Gasteiger partial charge in [0.25, 0.3) is 0 Å². The quantitative estimate of drug-likeness (QED) is 0.878. The van der Waals surface area contributed by atoms with E-state index in [2.05, 4.69) is 14.7 Å². The van der Waals surface area contributed by atoms with E-state index in [0.29, 0.717) is 0 Å². The number of hydrogen-bond acceptors (Lipinski definition) is 4. The summed E-state index contributed by atoms with van der Waals surface area (Å²) >= 11 is 5.69. The van der Waals surface area contributed by atoms with Crippen LogP contribution in [0.3, 0.4) is 0 Å². The van der Waals surface area contributed by atoms with Gasteiger partial charge in [-0.1, -0.05) is 11.6 Å². The molecular weight excluding hydrogens is 286 g/mol. The van der Waals surface area contributed by atoms with Crippen LogP contribution in [-0.4, -0.2) is 18.4 Å². The molecule has 0 aliphatic carbocycles. The molecule has 0 fully saturated rings. The monoisotopic (exact) mass is 297 g/mol. The van der Waals surface area contributed by atoms with E-state index in [1.165, 1.54) is 18.3 Å². The van der Waals surface area contributed by atoms with Crippen molar-refractivity contribution in [1.82, 2.24) is 14.7 Å². The van der Waals surface area contributed by atoms with E-state index in [1.807, 2.05) is 0 Å². The van der Waals surface area contributed by atoms with Gasteiger partial charge in [0.1, 0.15) is 5.15 Å². The minimum atomic E-state index is -3.63. The van der Waals surface area contributed by atoms with Crippen molar-refractivity contribution in [3.05, 3.63) is 53.6 Å². The molecule has 5 nitrogen and oxygen atoms in total. The number of nitrogens with one attached hydrogen (secondary N) is 1. The fourth-order valence-corrected chi connectivity index (χ4v) is 3.06. The Hall–Kier alpha value is -1.50. The van der Waals surface area contributed by atoms with Gasteiger partial charge in [-0.2, -0.15) is 0 Å². The van der Waals surface area contributed by atoms with E-state index in [0.717, 1.165) is 5.56 Å². The predicted octanol–water partition coefficient (Wildman–Crippen LogP) is 2.17. The summed E-state index contributed by atoms with van der Waals surface area (Å²) < 4.78 is 26.9. The fourth-order valence-electron chi connectivity index (χ4n) is 1.57. The molecular formula is C12H12ClN3O2S. The van der Waals surface area contributed by atoms with Gasteiger partial charge in [0.15, 0.2) is 0 Å². The standard InChI is InChI=1S/C12H12ClN3O2S/c1-9(10-2-5-14-6-3-10)16-19(17,18)11-4-7-15-12(13)8-11/h2-9,16H,1H3. The van der Waals surface area contributed by atoms with Crippen molar-refractivity contribution in [2.45, 2.75) is 17.9 Å². The molecule has 0 aliphatic rings. The van der Waals surface area contributed by atoms with Gasteiger partial charge in [0.05, 0.1) is 4.90 Å². The zero-order valence-electron chi connectivity index (χ0n) is 10.1.